The summed E-state index contributed by atoms with van der Waals surface area (Å²) in [7, 11) is 0. The molecule has 2 heteroatoms. The number of hydrogen-bond donors (Lipinski definition) is 0. The minimum atomic E-state index is -0.399. The lowest BCUT2D eigenvalue weighted by Gasteiger charge is -2.17. The molecule has 0 bridgehead atoms. The van der Waals surface area contributed by atoms with Gasteiger partial charge in [0.1, 0.15) is 5.75 Å². The summed E-state index contributed by atoms with van der Waals surface area (Å²) >= 11 is 0. The van der Waals surface area contributed by atoms with E-state index in [0.29, 0.717) is 11.3 Å². The van der Waals surface area contributed by atoms with Gasteiger partial charge in [-0.05, 0) is 45.3 Å². The Morgan fingerprint density at radius 2 is 1.35 bits per heavy atom. The average molecular weight is 336 g/mol. The van der Waals surface area contributed by atoms with Crippen LogP contribution in [0.4, 0.5) is 0 Å². The fraction of sp³-hybridized carbons (Fsp3) is 0.0417. The molecular formula is C24H16O2. The first-order valence-electron chi connectivity index (χ1n) is 8.61. The van der Waals surface area contributed by atoms with E-state index in [1.54, 1.807) is 6.92 Å². The molecule has 5 aromatic carbocycles. The SMILES string of the molecule is C=C(C)C(=O)Oc1ccc2ccc3cccc4c5ccccc5c1c2c34. The fourth-order valence-electron chi connectivity index (χ4n) is 3.88. The summed E-state index contributed by atoms with van der Waals surface area (Å²) in [4.78, 5) is 12.2. The molecule has 0 heterocycles. The van der Waals surface area contributed by atoms with Crippen molar-refractivity contribution in [3.8, 4) is 5.75 Å². The van der Waals surface area contributed by atoms with Gasteiger partial charge in [-0.1, -0.05) is 67.2 Å². The van der Waals surface area contributed by atoms with Gasteiger partial charge in [-0.15, -0.1) is 0 Å². The van der Waals surface area contributed by atoms with Crippen molar-refractivity contribution >= 4 is 49.1 Å². The highest BCUT2D eigenvalue weighted by Gasteiger charge is 2.17. The molecule has 0 saturated heterocycles. The molecule has 26 heavy (non-hydrogen) atoms. The smallest absolute Gasteiger partial charge is 0.338 e. The van der Waals surface area contributed by atoms with Gasteiger partial charge < -0.3 is 4.74 Å². The van der Waals surface area contributed by atoms with Crippen molar-refractivity contribution in [3.05, 3.63) is 78.9 Å². The molecule has 0 amide bonds. The van der Waals surface area contributed by atoms with E-state index >= 15 is 0 Å². The molecule has 2 nitrogen and oxygen atoms in total. The van der Waals surface area contributed by atoms with E-state index in [1.807, 2.05) is 24.3 Å². The third kappa shape index (κ3) is 1.96. The Morgan fingerprint density at radius 1 is 0.731 bits per heavy atom. The average Bonchev–Trinajstić information content (AvgIpc) is 2.67. The molecule has 0 fully saturated rings. The van der Waals surface area contributed by atoms with Gasteiger partial charge in [0, 0.05) is 16.3 Å². The lowest BCUT2D eigenvalue weighted by molar-refractivity contribution is -0.129. The highest BCUT2D eigenvalue weighted by molar-refractivity contribution is 6.34. The van der Waals surface area contributed by atoms with Gasteiger partial charge in [-0.3, -0.25) is 0 Å². The second-order valence-electron chi connectivity index (χ2n) is 6.72. The number of hydrogen-bond acceptors (Lipinski definition) is 2. The van der Waals surface area contributed by atoms with Crippen LogP contribution in [0, 0.1) is 0 Å². The molecule has 0 spiro atoms. The van der Waals surface area contributed by atoms with Gasteiger partial charge >= 0.3 is 5.97 Å². The lowest BCUT2D eigenvalue weighted by atomic mass is 9.89. The molecule has 0 unspecified atom stereocenters. The van der Waals surface area contributed by atoms with E-state index in [0.717, 1.165) is 26.9 Å². The van der Waals surface area contributed by atoms with E-state index in [2.05, 4.69) is 49.0 Å². The molecule has 0 aliphatic heterocycles. The van der Waals surface area contributed by atoms with Crippen LogP contribution in [0.3, 0.4) is 0 Å². The van der Waals surface area contributed by atoms with Crippen LogP contribution in [-0.2, 0) is 4.79 Å². The van der Waals surface area contributed by atoms with Crippen LogP contribution in [-0.4, -0.2) is 5.97 Å². The van der Waals surface area contributed by atoms with Gasteiger partial charge in [0.05, 0.1) is 0 Å². The molecule has 0 aliphatic rings. The largest absolute Gasteiger partial charge is 0.423 e. The third-order valence-corrected chi connectivity index (χ3v) is 5.03. The van der Waals surface area contributed by atoms with Gasteiger partial charge in [-0.2, -0.15) is 0 Å². The molecule has 0 saturated carbocycles. The standard InChI is InChI=1S/C24H16O2/c1-14(2)24(25)26-20-13-12-16-11-10-15-6-5-9-18-17-7-3-4-8-19(17)23(20)22(16)21(15)18/h3-13H,1H2,2H3. The van der Waals surface area contributed by atoms with Crippen LogP contribution in [0.15, 0.2) is 78.9 Å². The zero-order chi connectivity index (χ0) is 17.8. The number of esters is 1. The maximum atomic E-state index is 12.2. The topological polar surface area (TPSA) is 26.3 Å². The predicted octanol–water partition coefficient (Wildman–Crippen LogP) is 6.22. The second kappa shape index (κ2) is 5.30. The maximum absolute atomic E-state index is 12.2. The van der Waals surface area contributed by atoms with E-state index in [-0.39, 0.29) is 0 Å². The quantitative estimate of drug-likeness (QED) is 0.126. The Labute approximate surface area is 150 Å². The number of fused-ring (bicyclic) bond motifs is 3. The minimum Gasteiger partial charge on any atom is -0.423 e. The van der Waals surface area contributed by atoms with Crippen LogP contribution >= 0.6 is 0 Å². The van der Waals surface area contributed by atoms with E-state index in [4.69, 9.17) is 4.74 Å². The number of carbonyl (C=O) groups excluding carboxylic acids is 1. The van der Waals surface area contributed by atoms with Crippen molar-refractivity contribution in [2.24, 2.45) is 0 Å². The summed E-state index contributed by atoms with van der Waals surface area (Å²) in [5, 5.41) is 9.15. The number of ether oxygens (including phenoxy) is 1. The third-order valence-electron chi connectivity index (χ3n) is 5.03. The molecular weight excluding hydrogens is 320 g/mol. The van der Waals surface area contributed by atoms with Gasteiger partial charge in [-0.25, -0.2) is 4.79 Å². The zero-order valence-corrected chi connectivity index (χ0v) is 14.4. The van der Waals surface area contributed by atoms with Crippen LogP contribution in [0.5, 0.6) is 5.75 Å². The molecule has 0 atom stereocenters. The van der Waals surface area contributed by atoms with E-state index in [1.165, 1.54) is 16.2 Å². The Hall–Kier alpha value is -3.39. The van der Waals surface area contributed by atoms with Crippen molar-refractivity contribution in [3.63, 3.8) is 0 Å². The molecule has 0 N–H and O–H groups in total. The van der Waals surface area contributed by atoms with Crippen molar-refractivity contribution in [2.45, 2.75) is 6.92 Å². The summed E-state index contributed by atoms with van der Waals surface area (Å²) in [5.74, 6) is 0.184. The first-order valence-corrected chi connectivity index (χ1v) is 8.61. The Morgan fingerprint density at radius 3 is 2.12 bits per heavy atom. The van der Waals surface area contributed by atoms with Crippen molar-refractivity contribution in [1.82, 2.24) is 0 Å². The van der Waals surface area contributed by atoms with Crippen molar-refractivity contribution < 1.29 is 9.53 Å². The molecule has 0 aliphatic carbocycles. The Kier molecular flexibility index (Phi) is 3.04. The highest BCUT2D eigenvalue weighted by atomic mass is 16.5. The second-order valence-corrected chi connectivity index (χ2v) is 6.72. The Bertz CT molecular complexity index is 1340. The first-order chi connectivity index (χ1) is 12.6. The monoisotopic (exact) mass is 336 g/mol. The first kappa shape index (κ1) is 14.9. The number of benzene rings is 5. The van der Waals surface area contributed by atoms with Gasteiger partial charge in [0.15, 0.2) is 0 Å². The Balaban J connectivity index is 2.05. The van der Waals surface area contributed by atoms with Crippen LogP contribution in [0.2, 0.25) is 0 Å². The van der Waals surface area contributed by atoms with E-state index < -0.39 is 5.97 Å². The predicted molar refractivity (Wildman–Crippen MR) is 108 cm³/mol. The van der Waals surface area contributed by atoms with Crippen molar-refractivity contribution in [2.75, 3.05) is 0 Å². The maximum Gasteiger partial charge on any atom is 0.338 e. The molecule has 5 aromatic rings. The summed E-state index contributed by atoms with van der Waals surface area (Å²) in [6.45, 7) is 5.36. The summed E-state index contributed by atoms with van der Waals surface area (Å²) < 4.78 is 5.70. The molecule has 124 valence electrons. The zero-order valence-electron chi connectivity index (χ0n) is 14.4. The normalized spacial score (nSPS) is 11.6. The fourth-order valence-corrected chi connectivity index (χ4v) is 3.88. The molecule has 0 radical (unpaired) electrons. The van der Waals surface area contributed by atoms with Crippen LogP contribution in [0.25, 0.3) is 43.1 Å². The molecule has 0 aromatic heterocycles. The van der Waals surface area contributed by atoms with Crippen LogP contribution < -0.4 is 4.74 Å². The minimum absolute atomic E-state index is 0.389. The summed E-state index contributed by atoms with van der Waals surface area (Å²) in [6.07, 6.45) is 0. The summed E-state index contributed by atoms with van der Waals surface area (Å²) in [6, 6.07) is 22.9. The number of carbonyl (C=O) groups is 1. The van der Waals surface area contributed by atoms with Gasteiger partial charge in [0.25, 0.3) is 0 Å². The van der Waals surface area contributed by atoms with Crippen molar-refractivity contribution in [1.29, 1.82) is 0 Å². The highest BCUT2D eigenvalue weighted by Crippen LogP contribution is 2.44. The summed E-state index contributed by atoms with van der Waals surface area (Å²) in [5.41, 5.74) is 0.389. The lowest BCUT2D eigenvalue weighted by Crippen LogP contribution is -2.08. The van der Waals surface area contributed by atoms with Crippen LogP contribution in [0.1, 0.15) is 6.92 Å². The molecule has 5 rings (SSSR count). The van der Waals surface area contributed by atoms with Gasteiger partial charge in [0.2, 0.25) is 0 Å². The number of rotatable bonds is 2. The van der Waals surface area contributed by atoms with E-state index in [9.17, 15) is 4.79 Å².